The van der Waals surface area contributed by atoms with Crippen molar-refractivity contribution in [3.05, 3.63) is 35.4 Å². The Hall–Kier alpha value is -1.52. The summed E-state index contributed by atoms with van der Waals surface area (Å²) in [5, 5.41) is 0. The van der Waals surface area contributed by atoms with E-state index in [9.17, 15) is 18.0 Å². The van der Waals surface area contributed by atoms with E-state index >= 15 is 0 Å². The average molecular weight is 245 g/mol. The van der Waals surface area contributed by atoms with Gasteiger partial charge in [-0.3, -0.25) is 4.79 Å². The van der Waals surface area contributed by atoms with E-state index < -0.39 is 12.1 Å². The second-order valence-electron chi connectivity index (χ2n) is 3.74. The molecule has 0 aliphatic carbocycles. The Labute approximate surface area is 98.0 Å². The third-order valence-electron chi connectivity index (χ3n) is 2.53. The van der Waals surface area contributed by atoms with Crippen LogP contribution in [-0.2, 0) is 11.3 Å². The summed E-state index contributed by atoms with van der Waals surface area (Å²) in [7, 11) is 0. The molecule has 0 radical (unpaired) electrons. The number of rotatable bonds is 3. The van der Waals surface area contributed by atoms with Gasteiger partial charge in [0.15, 0.2) is 0 Å². The van der Waals surface area contributed by atoms with Gasteiger partial charge in [-0.05, 0) is 25.0 Å². The van der Waals surface area contributed by atoms with Crippen LogP contribution >= 0.6 is 0 Å². The number of benzene rings is 1. The molecule has 0 spiro atoms. The van der Waals surface area contributed by atoms with Crippen LogP contribution in [0.2, 0.25) is 0 Å². The van der Waals surface area contributed by atoms with Crippen molar-refractivity contribution >= 4 is 5.91 Å². The third-order valence-corrected chi connectivity index (χ3v) is 2.53. The predicted molar refractivity (Wildman–Crippen MR) is 58.3 cm³/mol. The topological polar surface area (TPSA) is 20.3 Å². The number of halogens is 3. The van der Waals surface area contributed by atoms with Crippen molar-refractivity contribution in [1.29, 1.82) is 0 Å². The summed E-state index contributed by atoms with van der Waals surface area (Å²) in [5.41, 5.74) is 1.60. The summed E-state index contributed by atoms with van der Waals surface area (Å²) >= 11 is 0. The third kappa shape index (κ3) is 3.47. The Morgan fingerprint density at radius 1 is 1.29 bits per heavy atom. The minimum atomic E-state index is -4.81. The summed E-state index contributed by atoms with van der Waals surface area (Å²) < 4.78 is 36.9. The summed E-state index contributed by atoms with van der Waals surface area (Å²) in [6.07, 6.45) is -4.81. The fraction of sp³-hybridized carbons (Fsp3) is 0.417. The zero-order valence-corrected chi connectivity index (χ0v) is 9.71. The molecule has 1 aromatic rings. The number of aryl methyl sites for hydroxylation is 1. The molecule has 17 heavy (non-hydrogen) atoms. The van der Waals surface area contributed by atoms with Crippen molar-refractivity contribution in [1.82, 2.24) is 4.90 Å². The maximum atomic E-state index is 12.3. The van der Waals surface area contributed by atoms with Gasteiger partial charge < -0.3 is 4.90 Å². The second-order valence-corrected chi connectivity index (χ2v) is 3.74. The van der Waals surface area contributed by atoms with E-state index in [-0.39, 0.29) is 13.1 Å². The number of amides is 1. The van der Waals surface area contributed by atoms with Gasteiger partial charge in [-0.15, -0.1) is 0 Å². The van der Waals surface area contributed by atoms with Crippen LogP contribution in [0.15, 0.2) is 24.3 Å². The molecular weight excluding hydrogens is 231 g/mol. The van der Waals surface area contributed by atoms with E-state index in [1.54, 1.807) is 31.2 Å². The minimum Gasteiger partial charge on any atom is -0.331 e. The average Bonchev–Trinajstić information content (AvgIpc) is 2.26. The van der Waals surface area contributed by atoms with Crippen LogP contribution in [0.25, 0.3) is 0 Å². The van der Waals surface area contributed by atoms with Crippen molar-refractivity contribution < 1.29 is 18.0 Å². The number of nitrogens with zero attached hydrogens (tertiary/aromatic N) is 1. The van der Waals surface area contributed by atoms with Crippen LogP contribution in [-0.4, -0.2) is 23.5 Å². The largest absolute Gasteiger partial charge is 0.471 e. The van der Waals surface area contributed by atoms with Gasteiger partial charge in [-0.2, -0.15) is 13.2 Å². The Bertz CT molecular complexity index is 401. The van der Waals surface area contributed by atoms with Crippen molar-refractivity contribution in [3.8, 4) is 0 Å². The molecule has 0 bridgehead atoms. The molecule has 5 heteroatoms. The maximum absolute atomic E-state index is 12.3. The fourth-order valence-corrected chi connectivity index (χ4v) is 1.50. The molecule has 0 aromatic heterocycles. The van der Waals surface area contributed by atoms with Crippen LogP contribution in [0, 0.1) is 6.92 Å². The van der Waals surface area contributed by atoms with E-state index in [1.165, 1.54) is 6.92 Å². The van der Waals surface area contributed by atoms with Crippen LogP contribution in [0.4, 0.5) is 13.2 Å². The first-order chi connectivity index (χ1) is 7.86. The van der Waals surface area contributed by atoms with Crippen molar-refractivity contribution in [2.75, 3.05) is 6.54 Å². The lowest BCUT2D eigenvalue weighted by atomic mass is 10.1. The van der Waals surface area contributed by atoms with E-state index in [4.69, 9.17) is 0 Å². The lowest BCUT2D eigenvalue weighted by molar-refractivity contribution is -0.185. The zero-order valence-electron chi connectivity index (χ0n) is 9.71. The standard InChI is InChI=1S/C12H14F3NO/c1-3-16(11(17)12(13,14)15)8-10-7-5-4-6-9(10)2/h4-7H,3,8H2,1-2H3. The molecule has 0 atom stereocenters. The first-order valence-electron chi connectivity index (χ1n) is 5.27. The highest BCUT2D eigenvalue weighted by molar-refractivity contribution is 5.81. The van der Waals surface area contributed by atoms with Gasteiger partial charge in [0.25, 0.3) is 0 Å². The number of carbonyl (C=O) groups is 1. The quantitative estimate of drug-likeness (QED) is 0.801. The highest BCUT2D eigenvalue weighted by Gasteiger charge is 2.41. The number of hydrogen-bond acceptors (Lipinski definition) is 1. The first-order valence-corrected chi connectivity index (χ1v) is 5.27. The molecule has 0 unspecified atom stereocenters. The van der Waals surface area contributed by atoms with Gasteiger partial charge in [0.2, 0.25) is 0 Å². The number of alkyl halides is 3. The van der Waals surface area contributed by atoms with Crippen LogP contribution < -0.4 is 0 Å². The van der Waals surface area contributed by atoms with E-state index in [0.29, 0.717) is 0 Å². The molecule has 0 aliphatic heterocycles. The summed E-state index contributed by atoms with van der Waals surface area (Å²) in [6.45, 7) is 3.36. The summed E-state index contributed by atoms with van der Waals surface area (Å²) in [4.78, 5) is 11.9. The van der Waals surface area contributed by atoms with E-state index in [1.807, 2.05) is 0 Å². The number of hydrogen-bond donors (Lipinski definition) is 0. The van der Waals surface area contributed by atoms with E-state index in [0.717, 1.165) is 16.0 Å². The smallest absolute Gasteiger partial charge is 0.331 e. The van der Waals surface area contributed by atoms with Crippen molar-refractivity contribution in [2.45, 2.75) is 26.6 Å². The molecule has 1 aromatic carbocycles. The molecule has 94 valence electrons. The normalized spacial score (nSPS) is 11.4. The van der Waals surface area contributed by atoms with Crippen molar-refractivity contribution in [2.24, 2.45) is 0 Å². The molecule has 0 heterocycles. The molecule has 0 saturated heterocycles. The monoisotopic (exact) mass is 245 g/mol. The van der Waals surface area contributed by atoms with Gasteiger partial charge in [0, 0.05) is 13.1 Å². The molecule has 0 fully saturated rings. The zero-order chi connectivity index (χ0) is 13.1. The molecule has 0 N–H and O–H groups in total. The van der Waals surface area contributed by atoms with Gasteiger partial charge in [-0.25, -0.2) is 0 Å². The van der Waals surface area contributed by atoms with Gasteiger partial charge in [0.05, 0.1) is 0 Å². The maximum Gasteiger partial charge on any atom is 0.471 e. The second kappa shape index (κ2) is 5.21. The Kier molecular flexibility index (Phi) is 4.15. The molecular formula is C12H14F3NO. The molecule has 2 nitrogen and oxygen atoms in total. The Balaban J connectivity index is 2.85. The SMILES string of the molecule is CCN(Cc1ccccc1C)C(=O)C(F)(F)F. The van der Waals surface area contributed by atoms with Gasteiger partial charge >= 0.3 is 12.1 Å². The molecule has 0 aliphatic rings. The molecule has 1 amide bonds. The Morgan fingerprint density at radius 3 is 2.35 bits per heavy atom. The minimum absolute atomic E-state index is 0.0124. The van der Waals surface area contributed by atoms with Gasteiger partial charge in [0.1, 0.15) is 0 Å². The van der Waals surface area contributed by atoms with Crippen molar-refractivity contribution in [3.63, 3.8) is 0 Å². The van der Waals surface area contributed by atoms with Crippen LogP contribution in [0.3, 0.4) is 0 Å². The highest BCUT2D eigenvalue weighted by atomic mass is 19.4. The number of carbonyl (C=O) groups excluding carboxylic acids is 1. The van der Waals surface area contributed by atoms with Crippen LogP contribution in [0.5, 0.6) is 0 Å². The lowest BCUT2D eigenvalue weighted by Crippen LogP contribution is -2.40. The van der Waals surface area contributed by atoms with E-state index in [2.05, 4.69) is 0 Å². The first kappa shape index (κ1) is 13.5. The summed E-state index contributed by atoms with van der Waals surface area (Å²) in [5.74, 6) is -1.79. The fourth-order valence-electron chi connectivity index (χ4n) is 1.50. The molecule has 1 rings (SSSR count). The highest BCUT2D eigenvalue weighted by Crippen LogP contribution is 2.20. The Morgan fingerprint density at radius 2 is 1.88 bits per heavy atom. The van der Waals surface area contributed by atoms with Crippen LogP contribution in [0.1, 0.15) is 18.1 Å². The predicted octanol–water partition coefficient (Wildman–Crippen LogP) is 2.91. The summed E-state index contributed by atoms with van der Waals surface area (Å²) in [6, 6.07) is 7.08. The van der Waals surface area contributed by atoms with Gasteiger partial charge in [-0.1, -0.05) is 24.3 Å². The molecule has 0 saturated carbocycles. The lowest BCUT2D eigenvalue weighted by Gasteiger charge is -2.22.